The molecule has 1 atom stereocenters. The van der Waals surface area contributed by atoms with E-state index in [0.29, 0.717) is 5.69 Å². The largest absolute Gasteiger partial charge is 0.327 e. The van der Waals surface area contributed by atoms with Gasteiger partial charge in [0, 0.05) is 31.3 Å². The van der Waals surface area contributed by atoms with Gasteiger partial charge in [0.1, 0.15) is 0 Å². The van der Waals surface area contributed by atoms with E-state index in [4.69, 9.17) is 5.73 Å². The monoisotopic (exact) mass is 228 g/mol. The third kappa shape index (κ3) is 3.00. The Labute approximate surface area is 92.8 Å². The molecule has 1 aromatic rings. The highest BCUT2D eigenvalue weighted by molar-refractivity contribution is 5.93. The minimum Gasteiger partial charge on any atom is -0.327 e. The Kier molecular flexibility index (Phi) is 3.95. The van der Waals surface area contributed by atoms with Crippen molar-refractivity contribution in [3.05, 3.63) is 29.8 Å². The second-order valence-electron chi connectivity index (χ2n) is 3.73. The fourth-order valence-electron chi connectivity index (χ4n) is 1.25. The highest BCUT2D eigenvalue weighted by atomic mass is 19.2. The predicted octanol–water partition coefficient (Wildman–Crippen LogP) is 1.66. The van der Waals surface area contributed by atoms with E-state index in [1.807, 2.05) is 0 Å². The molecule has 0 heterocycles. The van der Waals surface area contributed by atoms with E-state index in [2.05, 4.69) is 0 Å². The van der Waals surface area contributed by atoms with E-state index in [1.165, 1.54) is 18.0 Å². The molecule has 0 saturated carbocycles. The van der Waals surface area contributed by atoms with Gasteiger partial charge < -0.3 is 10.6 Å². The van der Waals surface area contributed by atoms with Crippen LogP contribution in [0.1, 0.15) is 13.3 Å². The van der Waals surface area contributed by atoms with Crippen LogP contribution in [-0.4, -0.2) is 19.0 Å². The lowest BCUT2D eigenvalue weighted by molar-refractivity contribution is -0.118. The molecule has 0 aliphatic carbocycles. The first-order valence-electron chi connectivity index (χ1n) is 4.89. The number of rotatable bonds is 3. The zero-order valence-corrected chi connectivity index (χ0v) is 9.21. The van der Waals surface area contributed by atoms with Gasteiger partial charge in [-0.25, -0.2) is 8.78 Å². The quantitative estimate of drug-likeness (QED) is 0.855. The molecule has 88 valence electrons. The number of benzene rings is 1. The van der Waals surface area contributed by atoms with Gasteiger partial charge in [-0.05, 0) is 19.1 Å². The van der Waals surface area contributed by atoms with Crippen molar-refractivity contribution in [1.29, 1.82) is 0 Å². The molecule has 0 spiro atoms. The van der Waals surface area contributed by atoms with E-state index in [0.717, 1.165) is 12.1 Å². The Morgan fingerprint density at radius 3 is 2.56 bits per heavy atom. The SMILES string of the molecule is CC(N)CC(=O)N(C)c1ccc(F)c(F)c1. The summed E-state index contributed by atoms with van der Waals surface area (Å²) in [7, 11) is 1.50. The molecule has 3 nitrogen and oxygen atoms in total. The first-order chi connectivity index (χ1) is 7.41. The third-order valence-electron chi connectivity index (χ3n) is 2.16. The lowest BCUT2D eigenvalue weighted by Gasteiger charge is -2.18. The van der Waals surface area contributed by atoms with Crippen LogP contribution in [0.25, 0.3) is 0 Å². The summed E-state index contributed by atoms with van der Waals surface area (Å²) in [6.07, 6.45) is 0.162. The molecule has 0 fully saturated rings. The van der Waals surface area contributed by atoms with Crippen LogP contribution in [0.2, 0.25) is 0 Å². The number of amides is 1. The Morgan fingerprint density at radius 2 is 2.06 bits per heavy atom. The van der Waals surface area contributed by atoms with Crippen LogP contribution in [0, 0.1) is 11.6 Å². The topological polar surface area (TPSA) is 46.3 Å². The Balaban J connectivity index is 2.83. The zero-order valence-electron chi connectivity index (χ0n) is 9.21. The summed E-state index contributed by atoms with van der Waals surface area (Å²) >= 11 is 0. The number of nitrogens with two attached hydrogens (primary N) is 1. The maximum Gasteiger partial charge on any atom is 0.228 e. The van der Waals surface area contributed by atoms with Crippen molar-refractivity contribution in [2.45, 2.75) is 19.4 Å². The van der Waals surface area contributed by atoms with Gasteiger partial charge in [-0.15, -0.1) is 0 Å². The van der Waals surface area contributed by atoms with E-state index in [1.54, 1.807) is 6.92 Å². The van der Waals surface area contributed by atoms with Crippen molar-refractivity contribution < 1.29 is 13.6 Å². The highest BCUT2D eigenvalue weighted by Crippen LogP contribution is 2.17. The van der Waals surface area contributed by atoms with Gasteiger partial charge in [-0.3, -0.25) is 4.79 Å². The van der Waals surface area contributed by atoms with E-state index in [-0.39, 0.29) is 18.4 Å². The molecule has 1 aromatic carbocycles. The number of hydrogen-bond acceptors (Lipinski definition) is 2. The molecule has 2 N–H and O–H groups in total. The maximum atomic E-state index is 12.9. The third-order valence-corrected chi connectivity index (χ3v) is 2.16. The van der Waals surface area contributed by atoms with Crippen LogP contribution in [0.4, 0.5) is 14.5 Å². The van der Waals surface area contributed by atoms with Gasteiger partial charge in [0.05, 0.1) is 0 Å². The molecule has 0 bridgehead atoms. The van der Waals surface area contributed by atoms with Crippen LogP contribution in [0.5, 0.6) is 0 Å². The minimum absolute atomic E-state index is 0.162. The van der Waals surface area contributed by atoms with Gasteiger partial charge in [-0.2, -0.15) is 0 Å². The molecule has 0 aliphatic heterocycles. The molecule has 0 radical (unpaired) electrons. The van der Waals surface area contributed by atoms with Crippen molar-refractivity contribution in [3.63, 3.8) is 0 Å². The second-order valence-corrected chi connectivity index (χ2v) is 3.73. The lowest BCUT2D eigenvalue weighted by Crippen LogP contribution is -2.31. The van der Waals surface area contributed by atoms with E-state index in [9.17, 15) is 13.6 Å². The number of carbonyl (C=O) groups excluding carboxylic acids is 1. The van der Waals surface area contributed by atoms with E-state index < -0.39 is 11.6 Å². The second kappa shape index (κ2) is 5.03. The molecular weight excluding hydrogens is 214 g/mol. The average molecular weight is 228 g/mol. The summed E-state index contributed by atoms with van der Waals surface area (Å²) in [6, 6.07) is 3.05. The zero-order chi connectivity index (χ0) is 12.3. The van der Waals surface area contributed by atoms with Crippen molar-refractivity contribution >= 4 is 11.6 Å². The first kappa shape index (κ1) is 12.6. The van der Waals surface area contributed by atoms with Gasteiger partial charge in [0.15, 0.2) is 11.6 Å². The van der Waals surface area contributed by atoms with Gasteiger partial charge in [0.2, 0.25) is 5.91 Å². The molecular formula is C11H14F2N2O. The van der Waals surface area contributed by atoms with Crippen molar-refractivity contribution in [2.24, 2.45) is 5.73 Å². The van der Waals surface area contributed by atoms with Crippen LogP contribution >= 0.6 is 0 Å². The average Bonchev–Trinajstić information content (AvgIpc) is 2.20. The number of hydrogen-bond donors (Lipinski definition) is 1. The lowest BCUT2D eigenvalue weighted by atomic mass is 10.2. The van der Waals surface area contributed by atoms with Gasteiger partial charge >= 0.3 is 0 Å². The van der Waals surface area contributed by atoms with Crippen molar-refractivity contribution in [2.75, 3.05) is 11.9 Å². The summed E-state index contributed by atoms with van der Waals surface area (Å²) in [5, 5.41) is 0. The molecule has 1 unspecified atom stereocenters. The Hall–Kier alpha value is -1.49. The summed E-state index contributed by atoms with van der Waals surface area (Å²) in [6.45, 7) is 1.71. The number of carbonyl (C=O) groups is 1. The van der Waals surface area contributed by atoms with Crippen LogP contribution < -0.4 is 10.6 Å². The number of anilines is 1. The van der Waals surface area contributed by atoms with Crippen molar-refractivity contribution in [1.82, 2.24) is 0 Å². The van der Waals surface area contributed by atoms with Gasteiger partial charge in [0.25, 0.3) is 0 Å². The predicted molar refractivity (Wildman–Crippen MR) is 58.0 cm³/mol. The standard InChI is InChI=1S/C11H14F2N2O/c1-7(14)5-11(16)15(2)8-3-4-9(12)10(13)6-8/h3-4,6-7H,5,14H2,1-2H3. The summed E-state index contributed by atoms with van der Waals surface area (Å²) in [4.78, 5) is 12.8. The highest BCUT2D eigenvalue weighted by Gasteiger charge is 2.14. The molecule has 1 amide bonds. The number of halogens is 2. The van der Waals surface area contributed by atoms with Gasteiger partial charge in [-0.1, -0.05) is 0 Å². The molecule has 1 rings (SSSR count). The maximum absolute atomic E-state index is 12.9. The van der Waals surface area contributed by atoms with Crippen molar-refractivity contribution in [3.8, 4) is 0 Å². The summed E-state index contributed by atoms with van der Waals surface area (Å²) in [5.74, 6) is -2.14. The summed E-state index contributed by atoms with van der Waals surface area (Å²) < 4.78 is 25.6. The molecule has 0 aliphatic rings. The first-order valence-corrected chi connectivity index (χ1v) is 4.89. The molecule has 0 aromatic heterocycles. The number of nitrogens with zero attached hydrogens (tertiary/aromatic N) is 1. The normalized spacial score (nSPS) is 12.3. The molecule has 5 heteroatoms. The minimum atomic E-state index is -0.974. The molecule has 0 saturated heterocycles. The Bertz CT molecular complexity index is 394. The smallest absolute Gasteiger partial charge is 0.228 e. The molecule has 16 heavy (non-hydrogen) atoms. The fourth-order valence-corrected chi connectivity index (χ4v) is 1.25. The summed E-state index contributed by atoms with van der Waals surface area (Å²) in [5.41, 5.74) is 5.79. The van der Waals surface area contributed by atoms with Crippen LogP contribution in [0.3, 0.4) is 0 Å². The van der Waals surface area contributed by atoms with Crippen LogP contribution in [0.15, 0.2) is 18.2 Å². The Morgan fingerprint density at radius 1 is 1.44 bits per heavy atom. The van der Waals surface area contributed by atoms with Crippen LogP contribution in [-0.2, 0) is 4.79 Å². The fraction of sp³-hybridized carbons (Fsp3) is 0.364. The van der Waals surface area contributed by atoms with E-state index >= 15 is 0 Å².